The first-order valence-corrected chi connectivity index (χ1v) is 6.13. The average Bonchev–Trinajstić information content (AvgIpc) is 2.89. The molecular weight excluding hydrogens is 254 g/mol. The normalized spacial score (nSPS) is 19.4. The number of aryl methyl sites for hydroxylation is 1. The summed E-state index contributed by atoms with van der Waals surface area (Å²) in [4.78, 5) is 17.9. The first kappa shape index (κ1) is 14.9. The summed E-state index contributed by atoms with van der Waals surface area (Å²) in [6, 6.07) is 0.229. The Labute approximate surface area is 113 Å². The van der Waals surface area contributed by atoms with E-state index in [4.69, 9.17) is 5.73 Å². The van der Waals surface area contributed by atoms with Crippen LogP contribution in [0.15, 0.2) is 12.7 Å². The van der Waals surface area contributed by atoms with Crippen LogP contribution >= 0.6 is 12.4 Å². The van der Waals surface area contributed by atoms with E-state index in [-0.39, 0.29) is 24.4 Å². The fourth-order valence-corrected chi connectivity index (χ4v) is 2.28. The SMILES string of the molecule is Cl.NCC1CCCCN1C(=O)CCn1cncn1. The van der Waals surface area contributed by atoms with Crippen LogP contribution in [0, 0.1) is 0 Å². The van der Waals surface area contributed by atoms with Gasteiger partial charge in [-0.3, -0.25) is 9.48 Å². The molecule has 1 amide bonds. The van der Waals surface area contributed by atoms with Crippen molar-refractivity contribution < 1.29 is 4.79 Å². The maximum atomic E-state index is 12.1. The summed E-state index contributed by atoms with van der Waals surface area (Å²) in [6.07, 6.45) is 6.88. The van der Waals surface area contributed by atoms with Gasteiger partial charge in [-0.1, -0.05) is 0 Å². The standard InChI is InChI=1S/C11H19N5O.ClH/c12-7-10-3-1-2-5-16(10)11(17)4-6-15-9-13-8-14-15;/h8-10H,1-7,12H2;1H. The summed E-state index contributed by atoms with van der Waals surface area (Å²) in [5.41, 5.74) is 5.70. The Hall–Kier alpha value is -1.14. The van der Waals surface area contributed by atoms with Gasteiger partial charge in [-0.05, 0) is 19.3 Å². The molecule has 1 aromatic rings. The molecule has 2 rings (SSSR count). The zero-order valence-electron chi connectivity index (χ0n) is 10.4. The molecule has 0 spiro atoms. The Bertz CT molecular complexity index is 356. The predicted molar refractivity (Wildman–Crippen MR) is 70.3 cm³/mol. The molecule has 0 bridgehead atoms. The summed E-state index contributed by atoms with van der Waals surface area (Å²) in [7, 11) is 0. The molecule has 6 nitrogen and oxygen atoms in total. The summed E-state index contributed by atoms with van der Waals surface area (Å²) in [5, 5.41) is 3.98. The van der Waals surface area contributed by atoms with Gasteiger partial charge >= 0.3 is 0 Å². The van der Waals surface area contributed by atoms with Crippen molar-refractivity contribution in [1.82, 2.24) is 19.7 Å². The van der Waals surface area contributed by atoms with Gasteiger partial charge in [0.05, 0.1) is 6.54 Å². The van der Waals surface area contributed by atoms with E-state index in [0.29, 0.717) is 19.5 Å². The molecule has 0 saturated carbocycles. The molecule has 0 radical (unpaired) electrons. The molecule has 2 heterocycles. The Morgan fingerprint density at radius 1 is 1.44 bits per heavy atom. The number of nitrogens with zero attached hydrogens (tertiary/aromatic N) is 4. The van der Waals surface area contributed by atoms with Crippen molar-refractivity contribution in [1.29, 1.82) is 0 Å². The second-order valence-corrected chi connectivity index (χ2v) is 4.38. The minimum absolute atomic E-state index is 0. The van der Waals surface area contributed by atoms with Crippen molar-refractivity contribution in [3.63, 3.8) is 0 Å². The predicted octanol–water partition coefficient (Wildman–Crippen LogP) is 0.430. The van der Waals surface area contributed by atoms with Crippen LogP contribution in [0.1, 0.15) is 25.7 Å². The minimum atomic E-state index is 0. The van der Waals surface area contributed by atoms with Crippen LogP contribution in [0.5, 0.6) is 0 Å². The monoisotopic (exact) mass is 273 g/mol. The molecule has 1 aromatic heterocycles. The van der Waals surface area contributed by atoms with Gasteiger partial charge in [0.1, 0.15) is 12.7 Å². The van der Waals surface area contributed by atoms with Crippen LogP contribution in [0.2, 0.25) is 0 Å². The maximum Gasteiger partial charge on any atom is 0.224 e. The highest BCUT2D eigenvalue weighted by Gasteiger charge is 2.24. The fourth-order valence-electron chi connectivity index (χ4n) is 2.28. The quantitative estimate of drug-likeness (QED) is 0.863. The highest BCUT2D eigenvalue weighted by atomic mass is 35.5. The summed E-state index contributed by atoms with van der Waals surface area (Å²) < 4.78 is 1.68. The lowest BCUT2D eigenvalue weighted by molar-refractivity contribution is -0.134. The van der Waals surface area contributed by atoms with E-state index < -0.39 is 0 Å². The highest BCUT2D eigenvalue weighted by Crippen LogP contribution is 2.17. The van der Waals surface area contributed by atoms with Crippen molar-refractivity contribution in [3.05, 3.63) is 12.7 Å². The van der Waals surface area contributed by atoms with Crippen LogP contribution in [0.4, 0.5) is 0 Å². The van der Waals surface area contributed by atoms with E-state index in [1.165, 1.54) is 12.7 Å². The lowest BCUT2D eigenvalue weighted by atomic mass is 10.0. The third-order valence-electron chi connectivity index (χ3n) is 3.24. The van der Waals surface area contributed by atoms with Crippen LogP contribution in [-0.4, -0.2) is 44.7 Å². The summed E-state index contributed by atoms with van der Waals surface area (Å²) in [5.74, 6) is 0.177. The molecule has 1 fully saturated rings. The van der Waals surface area contributed by atoms with Gasteiger partial charge in [0.2, 0.25) is 5.91 Å². The van der Waals surface area contributed by atoms with Crippen molar-refractivity contribution >= 4 is 18.3 Å². The number of hydrogen-bond acceptors (Lipinski definition) is 4. The molecule has 0 aliphatic carbocycles. The number of carbonyl (C=O) groups is 1. The smallest absolute Gasteiger partial charge is 0.224 e. The zero-order chi connectivity index (χ0) is 12.1. The fraction of sp³-hybridized carbons (Fsp3) is 0.727. The molecular formula is C11H20ClN5O. The molecule has 1 aliphatic heterocycles. The van der Waals surface area contributed by atoms with Crippen molar-refractivity contribution in [2.24, 2.45) is 5.73 Å². The van der Waals surface area contributed by atoms with Crippen molar-refractivity contribution in [3.8, 4) is 0 Å². The number of likely N-dealkylation sites (tertiary alicyclic amines) is 1. The van der Waals surface area contributed by atoms with E-state index in [0.717, 1.165) is 19.4 Å². The number of amides is 1. The molecule has 102 valence electrons. The number of nitrogens with two attached hydrogens (primary N) is 1. The largest absolute Gasteiger partial charge is 0.338 e. The third kappa shape index (κ3) is 3.68. The van der Waals surface area contributed by atoms with Gasteiger partial charge in [0, 0.05) is 25.6 Å². The van der Waals surface area contributed by atoms with Gasteiger partial charge in [-0.25, -0.2) is 4.98 Å². The van der Waals surface area contributed by atoms with Gasteiger partial charge in [-0.2, -0.15) is 5.10 Å². The van der Waals surface area contributed by atoms with Crippen LogP contribution in [0.25, 0.3) is 0 Å². The molecule has 1 saturated heterocycles. The zero-order valence-corrected chi connectivity index (χ0v) is 11.2. The maximum absolute atomic E-state index is 12.1. The van der Waals surface area contributed by atoms with E-state index in [9.17, 15) is 4.79 Å². The van der Waals surface area contributed by atoms with Gasteiger partial charge in [0.25, 0.3) is 0 Å². The van der Waals surface area contributed by atoms with Gasteiger partial charge in [0.15, 0.2) is 0 Å². The topological polar surface area (TPSA) is 77.0 Å². The second kappa shape index (κ2) is 7.33. The van der Waals surface area contributed by atoms with E-state index >= 15 is 0 Å². The number of carbonyl (C=O) groups excluding carboxylic acids is 1. The highest BCUT2D eigenvalue weighted by molar-refractivity contribution is 5.85. The Balaban J connectivity index is 0.00000162. The molecule has 1 unspecified atom stereocenters. The van der Waals surface area contributed by atoms with Gasteiger partial charge in [-0.15, -0.1) is 12.4 Å². The third-order valence-corrected chi connectivity index (χ3v) is 3.24. The minimum Gasteiger partial charge on any atom is -0.338 e. The first-order chi connectivity index (χ1) is 8.31. The Morgan fingerprint density at radius 2 is 2.28 bits per heavy atom. The number of aromatic nitrogens is 3. The average molecular weight is 274 g/mol. The lowest BCUT2D eigenvalue weighted by Crippen LogP contribution is -2.47. The first-order valence-electron chi connectivity index (χ1n) is 6.13. The second-order valence-electron chi connectivity index (χ2n) is 4.38. The van der Waals surface area contributed by atoms with E-state index in [1.807, 2.05) is 4.90 Å². The number of piperidine rings is 1. The molecule has 1 aliphatic rings. The molecule has 0 aromatic carbocycles. The Morgan fingerprint density at radius 3 is 2.94 bits per heavy atom. The number of hydrogen-bond donors (Lipinski definition) is 1. The van der Waals surface area contributed by atoms with Crippen LogP contribution in [-0.2, 0) is 11.3 Å². The van der Waals surface area contributed by atoms with Crippen LogP contribution in [0.3, 0.4) is 0 Å². The molecule has 1 atom stereocenters. The van der Waals surface area contributed by atoms with E-state index in [2.05, 4.69) is 10.1 Å². The van der Waals surface area contributed by atoms with Crippen molar-refractivity contribution in [2.75, 3.05) is 13.1 Å². The van der Waals surface area contributed by atoms with Crippen molar-refractivity contribution in [2.45, 2.75) is 38.3 Å². The summed E-state index contributed by atoms with van der Waals surface area (Å²) in [6.45, 7) is 2.00. The Kier molecular flexibility index (Phi) is 6.07. The number of halogens is 1. The van der Waals surface area contributed by atoms with Crippen LogP contribution < -0.4 is 5.73 Å². The lowest BCUT2D eigenvalue weighted by Gasteiger charge is -2.35. The van der Waals surface area contributed by atoms with E-state index in [1.54, 1.807) is 11.0 Å². The summed E-state index contributed by atoms with van der Waals surface area (Å²) >= 11 is 0. The molecule has 7 heteroatoms. The molecule has 18 heavy (non-hydrogen) atoms. The molecule has 2 N–H and O–H groups in total. The van der Waals surface area contributed by atoms with Gasteiger partial charge < -0.3 is 10.6 Å². The number of rotatable bonds is 4.